The van der Waals surface area contributed by atoms with Crippen LogP contribution in [0.2, 0.25) is 0 Å². The molecule has 1 aromatic carbocycles. The number of anilines is 2. The minimum atomic E-state index is -0.190. The Morgan fingerprint density at radius 1 is 1.25 bits per heavy atom. The van der Waals surface area contributed by atoms with Crippen LogP contribution in [0.4, 0.5) is 11.4 Å². The van der Waals surface area contributed by atoms with E-state index >= 15 is 0 Å². The molecule has 1 aromatic heterocycles. The van der Waals surface area contributed by atoms with E-state index in [1.54, 1.807) is 12.3 Å². The Bertz CT molecular complexity index is 722. The summed E-state index contributed by atoms with van der Waals surface area (Å²) in [7, 11) is 0. The Morgan fingerprint density at radius 2 is 2.00 bits per heavy atom. The second-order valence-corrected chi connectivity index (χ2v) is 7.34. The number of aromatic nitrogens is 1. The Kier molecular flexibility index (Phi) is 5.19. The summed E-state index contributed by atoms with van der Waals surface area (Å²) in [5.41, 5.74) is 3.41. The average Bonchev–Trinajstić information content (AvgIpc) is 2.59. The summed E-state index contributed by atoms with van der Waals surface area (Å²) < 4.78 is 0.975. The topological polar surface area (TPSA) is 45.2 Å². The Morgan fingerprint density at radius 3 is 2.62 bits per heavy atom. The molecular weight excluding hydrogens is 366 g/mol. The van der Waals surface area contributed by atoms with Crippen molar-refractivity contribution in [3.8, 4) is 0 Å². The molecule has 1 fully saturated rings. The number of carbonyl (C=O) groups is 1. The third kappa shape index (κ3) is 3.96. The van der Waals surface area contributed by atoms with Crippen LogP contribution < -0.4 is 10.2 Å². The van der Waals surface area contributed by atoms with Crippen molar-refractivity contribution in [2.75, 3.05) is 23.3 Å². The molecule has 0 radical (unpaired) electrons. The molecule has 2 aromatic rings. The highest BCUT2D eigenvalue weighted by atomic mass is 79.9. The van der Waals surface area contributed by atoms with Gasteiger partial charge in [-0.25, -0.2) is 4.98 Å². The van der Waals surface area contributed by atoms with Crippen molar-refractivity contribution < 1.29 is 4.79 Å². The summed E-state index contributed by atoms with van der Waals surface area (Å²) in [4.78, 5) is 19.0. The summed E-state index contributed by atoms with van der Waals surface area (Å²) in [6.45, 7) is 6.43. The molecule has 126 valence electrons. The van der Waals surface area contributed by atoms with Crippen LogP contribution in [-0.4, -0.2) is 24.0 Å². The normalized spacial score (nSPS) is 15.4. The molecule has 1 saturated heterocycles. The Labute approximate surface area is 151 Å². The number of halogens is 1. The molecule has 3 rings (SSSR count). The highest BCUT2D eigenvalue weighted by Gasteiger charge is 2.17. The summed E-state index contributed by atoms with van der Waals surface area (Å²) in [6.07, 6.45) is 4.23. The minimum absolute atomic E-state index is 0.190. The van der Waals surface area contributed by atoms with E-state index in [9.17, 15) is 4.79 Å². The van der Waals surface area contributed by atoms with Gasteiger partial charge in [0.2, 0.25) is 0 Å². The number of pyridine rings is 1. The number of hydrogen-bond acceptors (Lipinski definition) is 3. The van der Waals surface area contributed by atoms with Crippen molar-refractivity contribution in [1.82, 2.24) is 4.98 Å². The predicted octanol–water partition coefficient (Wildman–Crippen LogP) is 4.64. The van der Waals surface area contributed by atoms with E-state index in [0.29, 0.717) is 5.69 Å². The summed E-state index contributed by atoms with van der Waals surface area (Å²) in [5, 5.41) is 2.89. The van der Waals surface area contributed by atoms with Crippen LogP contribution in [0.25, 0.3) is 0 Å². The zero-order valence-corrected chi connectivity index (χ0v) is 15.6. The number of rotatable bonds is 3. The van der Waals surface area contributed by atoms with Crippen molar-refractivity contribution in [2.45, 2.75) is 26.7 Å². The van der Waals surface area contributed by atoms with E-state index in [1.807, 2.05) is 31.2 Å². The molecule has 1 N–H and O–H groups in total. The van der Waals surface area contributed by atoms with E-state index in [0.717, 1.165) is 40.4 Å². The van der Waals surface area contributed by atoms with Gasteiger partial charge in [0.25, 0.3) is 5.91 Å². The number of carbonyl (C=O) groups excluding carboxylic acids is 1. The lowest BCUT2D eigenvalue weighted by molar-refractivity contribution is 0.102. The zero-order valence-electron chi connectivity index (χ0n) is 14.1. The molecule has 4 nitrogen and oxygen atoms in total. The molecular formula is C19H22BrN3O. The van der Waals surface area contributed by atoms with Crippen molar-refractivity contribution in [3.63, 3.8) is 0 Å². The van der Waals surface area contributed by atoms with Crippen molar-refractivity contribution in [2.24, 2.45) is 5.92 Å². The maximum absolute atomic E-state index is 12.3. The number of benzene rings is 1. The number of nitrogens with zero attached hydrogens (tertiary/aromatic N) is 2. The smallest absolute Gasteiger partial charge is 0.274 e. The van der Waals surface area contributed by atoms with Crippen molar-refractivity contribution in [3.05, 3.63) is 52.3 Å². The van der Waals surface area contributed by atoms with Gasteiger partial charge in [0.15, 0.2) is 0 Å². The van der Waals surface area contributed by atoms with Gasteiger partial charge in [0, 0.05) is 23.2 Å². The van der Waals surface area contributed by atoms with Crippen molar-refractivity contribution >= 4 is 33.2 Å². The fraction of sp³-hybridized carbons (Fsp3) is 0.368. The van der Waals surface area contributed by atoms with Crippen LogP contribution in [-0.2, 0) is 0 Å². The average molecular weight is 388 g/mol. The van der Waals surface area contributed by atoms with Gasteiger partial charge in [0.1, 0.15) is 5.69 Å². The minimum Gasteiger partial charge on any atom is -0.370 e. The monoisotopic (exact) mass is 387 g/mol. The van der Waals surface area contributed by atoms with Crippen molar-refractivity contribution in [1.29, 1.82) is 0 Å². The first-order chi connectivity index (χ1) is 11.5. The van der Waals surface area contributed by atoms with Gasteiger partial charge in [-0.2, -0.15) is 0 Å². The molecule has 1 aliphatic heterocycles. The van der Waals surface area contributed by atoms with Gasteiger partial charge in [-0.05, 0) is 55.5 Å². The summed E-state index contributed by atoms with van der Waals surface area (Å²) in [6, 6.07) is 9.54. The summed E-state index contributed by atoms with van der Waals surface area (Å²) in [5.74, 6) is 0.609. The fourth-order valence-electron chi connectivity index (χ4n) is 2.84. The van der Waals surface area contributed by atoms with Crippen LogP contribution in [0, 0.1) is 12.8 Å². The molecule has 24 heavy (non-hydrogen) atoms. The van der Waals surface area contributed by atoms with Gasteiger partial charge >= 0.3 is 0 Å². The molecule has 2 heterocycles. The maximum Gasteiger partial charge on any atom is 0.274 e. The van der Waals surface area contributed by atoms with E-state index in [2.05, 4.69) is 38.1 Å². The molecule has 0 unspecified atom stereocenters. The third-order valence-corrected chi connectivity index (χ3v) is 5.41. The zero-order chi connectivity index (χ0) is 17.1. The van der Waals surface area contributed by atoms with Gasteiger partial charge in [-0.3, -0.25) is 4.79 Å². The standard InChI is InChI=1S/C19H22BrN3O/c1-13-7-9-23(10-8-13)16-5-6-18(21-12-16)19(24)22-15-4-3-14(2)17(20)11-15/h3-6,11-13H,7-10H2,1-2H3,(H,22,24). The molecule has 0 bridgehead atoms. The van der Waals surface area contributed by atoms with Gasteiger partial charge < -0.3 is 10.2 Å². The number of piperidine rings is 1. The third-order valence-electron chi connectivity index (χ3n) is 4.56. The van der Waals surface area contributed by atoms with Crippen LogP contribution in [0.3, 0.4) is 0 Å². The maximum atomic E-state index is 12.3. The van der Waals surface area contributed by atoms with Crippen LogP contribution >= 0.6 is 15.9 Å². The molecule has 0 spiro atoms. The number of hydrogen-bond donors (Lipinski definition) is 1. The molecule has 0 saturated carbocycles. The lowest BCUT2D eigenvalue weighted by atomic mass is 9.99. The number of aryl methyl sites for hydroxylation is 1. The highest BCUT2D eigenvalue weighted by molar-refractivity contribution is 9.10. The van der Waals surface area contributed by atoms with E-state index < -0.39 is 0 Å². The first-order valence-corrected chi connectivity index (χ1v) is 9.11. The lowest BCUT2D eigenvalue weighted by Crippen LogP contribution is -2.32. The van der Waals surface area contributed by atoms with Gasteiger partial charge in [-0.15, -0.1) is 0 Å². The van der Waals surface area contributed by atoms with Gasteiger partial charge in [0.05, 0.1) is 11.9 Å². The summed E-state index contributed by atoms with van der Waals surface area (Å²) >= 11 is 3.48. The molecule has 1 aliphatic rings. The second kappa shape index (κ2) is 7.34. The largest absolute Gasteiger partial charge is 0.370 e. The highest BCUT2D eigenvalue weighted by Crippen LogP contribution is 2.23. The second-order valence-electron chi connectivity index (χ2n) is 6.49. The first kappa shape index (κ1) is 17.0. The Balaban J connectivity index is 1.66. The number of nitrogens with one attached hydrogen (secondary N) is 1. The van der Waals surface area contributed by atoms with Crippen LogP contribution in [0.5, 0.6) is 0 Å². The first-order valence-electron chi connectivity index (χ1n) is 8.31. The SMILES string of the molecule is Cc1ccc(NC(=O)c2ccc(N3CCC(C)CC3)cn2)cc1Br. The molecule has 1 amide bonds. The fourth-order valence-corrected chi connectivity index (χ4v) is 3.22. The predicted molar refractivity (Wildman–Crippen MR) is 102 cm³/mol. The van der Waals surface area contributed by atoms with E-state index in [4.69, 9.17) is 0 Å². The van der Waals surface area contributed by atoms with Gasteiger partial charge in [-0.1, -0.05) is 28.9 Å². The lowest BCUT2D eigenvalue weighted by Gasteiger charge is -2.31. The van der Waals surface area contributed by atoms with Crippen LogP contribution in [0.1, 0.15) is 35.8 Å². The molecule has 5 heteroatoms. The Hall–Kier alpha value is -1.88. The number of amides is 1. The molecule has 0 aliphatic carbocycles. The van der Waals surface area contributed by atoms with Crippen LogP contribution in [0.15, 0.2) is 41.0 Å². The quantitative estimate of drug-likeness (QED) is 0.833. The van der Waals surface area contributed by atoms with E-state index in [-0.39, 0.29) is 5.91 Å². The molecule has 0 atom stereocenters. The van der Waals surface area contributed by atoms with E-state index in [1.165, 1.54) is 12.8 Å².